The molecule has 0 radical (unpaired) electrons. The molecule has 0 saturated heterocycles. The van der Waals surface area contributed by atoms with E-state index in [9.17, 15) is 4.79 Å². The molecule has 2 N–H and O–H groups in total. The zero-order chi connectivity index (χ0) is 13.9. The van der Waals surface area contributed by atoms with Gasteiger partial charge < -0.3 is 10.3 Å². The Labute approximate surface area is 119 Å². The third-order valence-electron chi connectivity index (χ3n) is 3.94. The summed E-state index contributed by atoms with van der Waals surface area (Å²) in [6, 6.07) is 6.46. The highest BCUT2D eigenvalue weighted by Crippen LogP contribution is 2.31. The maximum atomic E-state index is 11.6. The Kier molecular flexibility index (Phi) is 3.59. The number of carbonyl (C=O) groups excluding carboxylic acids is 1. The van der Waals surface area contributed by atoms with Gasteiger partial charge in [-0.05, 0) is 49.0 Å². The van der Waals surface area contributed by atoms with Gasteiger partial charge >= 0.3 is 0 Å². The molecule has 20 heavy (non-hydrogen) atoms. The Morgan fingerprint density at radius 1 is 1.35 bits per heavy atom. The third kappa shape index (κ3) is 2.48. The molecule has 1 amide bonds. The lowest BCUT2D eigenvalue weighted by Crippen LogP contribution is -2.08. The molecule has 0 atom stereocenters. The van der Waals surface area contributed by atoms with Crippen LogP contribution in [0.25, 0.3) is 16.5 Å². The summed E-state index contributed by atoms with van der Waals surface area (Å²) in [5.74, 6) is 0.0492. The molecule has 0 bridgehead atoms. The van der Waals surface area contributed by atoms with E-state index in [4.69, 9.17) is 0 Å². The third-order valence-corrected chi connectivity index (χ3v) is 3.94. The van der Waals surface area contributed by atoms with Gasteiger partial charge in [-0.15, -0.1) is 0 Å². The molecule has 3 nitrogen and oxygen atoms in total. The van der Waals surface area contributed by atoms with E-state index in [1.54, 1.807) is 0 Å². The summed E-state index contributed by atoms with van der Waals surface area (Å²) in [6.07, 6.45) is 9.63. The van der Waals surface area contributed by atoms with Gasteiger partial charge in [-0.2, -0.15) is 0 Å². The Morgan fingerprint density at radius 2 is 2.25 bits per heavy atom. The van der Waals surface area contributed by atoms with Crippen LogP contribution in [-0.4, -0.2) is 10.9 Å². The van der Waals surface area contributed by atoms with Gasteiger partial charge in [0, 0.05) is 23.5 Å². The molecular formula is C17H20N2O. The summed E-state index contributed by atoms with van der Waals surface area (Å²) in [4.78, 5) is 14.8. The van der Waals surface area contributed by atoms with E-state index < -0.39 is 0 Å². The number of hydrogen-bond donors (Lipinski definition) is 2. The van der Waals surface area contributed by atoms with Crippen LogP contribution in [-0.2, 0) is 4.79 Å². The second-order valence-electron chi connectivity index (χ2n) is 5.34. The lowest BCUT2D eigenvalue weighted by molar-refractivity contribution is -0.115. The molecule has 1 aliphatic carbocycles. The zero-order valence-corrected chi connectivity index (χ0v) is 11.8. The molecule has 1 aliphatic rings. The van der Waals surface area contributed by atoms with E-state index in [-0.39, 0.29) is 5.91 Å². The van der Waals surface area contributed by atoms with Gasteiger partial charge in [-0.1, -0.05) is 19.1 Å². The van der Waals surface area contributed by atoms with Crippen LogP contribution >= 0.6 is 0 Å². The molecule has 1 aromatic carbocycles. The van der Waals surface area contributed by atoms with Crippen molar-refractivity contribution in [2.75, 3.05) is 5.32 Å². The lowest BCUT2D eigenvalue weighted by Gasteiger charge is -2.13. The van der Waals surface area contributed by atoms with Crippen molar-refractivity contribution in [3.8, 4) is 0 Å². The molecule has 0 spiro atoms. The average molecular weight is 268 g/mol. The van der Waals surface area contributed by atoms with Crippen LogP contribution in [0.5, 0.6) is 0 Å². The first-order valence-corrected chi connectivity index (χ1v) is 7.38. The monoisotopic (exact) mass is 268 g/mol. The molecule has 3 heteroatoms. The summed E-state index contributed by atoms with van der Waals surface area (Å²) >= 11 is 0. The van der Waals surface area contributed by atoms with Crippen molar-refractivity contribution in [1.29, 1.82) is 0 Å². The minimum Gasteiger partial charge on any atom is -0.359 e. The number of carbonyl (C=O) groups is 1. The zero-order valence-electron chi connectivity index (χ0n) is 11.8. The number of aromatic amines is 1. The van der Waals surface area contributed by atoms with Gasteiger partial charge in [0.05, 0.1) is 5.69 Å². The van der Waals surface area contributed by atoms with Gasteiger partial charge in [0.25, 0.3) is 0 Å². The molecule has 0 unspecified atom stereocenters. The maximum absolute atomic E-state index is 11.6. The largest absolute Gasteiger partial charge is 0.359 e. The number of nitrogens with one attached hydrogen (secondary N) is 2. The fraction of sp³-hybridized carbons (Fsp3) is 0.353. The van der Waals surface area contributed by atoms with E-state index in [1.165, 1.54) is 30.4 Å². The molecular weight excluding hydrogens is 248 g/mol. The lowest BCUT2D eigenvalue weighted by atomic mass is 9.93. The summed E-state index contributed by atoms with van der Waals surface area (Å²) < 4.78 is 0. The van der Waals surface area contributed by atoms with Crippen LogP contribution in [0.4, 0.5) is 5.69 Å². The Bertz CT molecular complexity index is 667. The summed E-state index contributed by atoms with van der Waals surface area (Å²) in [5.41, 5.74) is 4.66. The highest BCUT2D eigenvalue weighted by molar-refractivity contribution is 6.02. The van der Waals surface area contributed by atoms with Crippen molar-refractivity contribution in [2.45, 2.75) is 39.0 Å². The fourth-order valence-electron chi connectivity index (χ4n) is 2.76. The summed E-state index contributed by atoms with van der Waals surface area (Å²) in [6.45, 7) is 1.86. The number of allylic oxidation sites excluding steroid dienone is 2. The van der Waals surface area contributed by atoms with Crippen molar-refractivity contribution in [1.82, 2.24) is 4.98 Å². The van der Waals surface area contributed by atoms with Gasteiger partial charge in [0.15, 0.2) is 0 Å². The van der Waals surface area contributed by atoms with Crippen LogP contribution in [0.1, 0.15) is 44.6 Å². The van der Waals surface area contributed by atoms with Crippen LogP contribution in [0.3, 0.4) is 0 Å². The summed E-state index contributed by atoms with van der Waals surface area (Å²) in [7, 11) is 0. The number of benzene rings is 1. The topological polar surface area (TPSA) is 44.9 Å². The Balaban J connectivity index is 1.98. The molecule has 0 fully saturated rings. The van der Waals surface area contributed by atoms with E-state index in [1.807, 2.05) is 13.1 Å². The van der Waals surface area contributed by atoms with Crippen LogP contribution in [0.2, 0.25) is 0 Å². The molecule has 2 aromatic rings. The van der Waals surface area contributed by atoms with Gasteiger partial charge in [0.2, 0.25) is 5.91 Å². The second kappa shape index (κ2) is 5.53. The highest BCUT2D eigenvalue weighted by Gasteiger charge is 2.10. The molecule has 0 saturated carbocycles. The molecule has 1 heterocycles. The standard InChI is InChI=1S/C17H20N2O/c1-2-17(20)19-16-11-18-15-9-8-13(10-14(15)16)12-6-4-3-5-7-12/h6,8-11,18H,2-5,7H2,1H3,(H,19,20). The van der Waals surface area contributed by atoms with Gasteiger partial charge in [-0.3, -0.25) is 4.79 Å². The highest BCUT2D eigenvalue weighted by atomic mass is 16.1. The number of fused-ring (bicyclic) bond motifs is 1. The predicted octanol–water partition coefficient (Wildman–Crippen LogP) is 4.47. The quantitative estimate of drug-likeness (QED) is 0.847. The maximum Gasteiger partial charge on any atom is 0.224 e. The predicted molar refractivity (Wildman–Crippen MR) is 83.7 cm³/mol. The van der Waals surface area contributed by atoms with Crippen molar-refractivity contribution < 1.29 is 4.79 Å². The van der Waals surface area contributed by atoms with Crippen molar-refractivity contribution in [3.05, 3.63) is 36.0 Å². The SMILES string of the molecule is CCC(=O)Nc1c[nH]c2ccc(C3=CCCCC3)cc12. The molecule has 0 aliphatic heterocycles. The van der Waals surface area contributed by atoms with Crippen molar-refractivity contribution >= 4 is 28.1 Å². The smallest absolute Gasteiger partial charge is 0.224 e. The van der Waals surface area contributed by atoms with E-state index in [2.05, 4.69) is 34.6 Å². The first-order chi connectivity index (χ1) is 9.78. The Morgan fingerprint density at radius 3 is 3.00 bits per heavy atom. The minimum absolute atomic E-state index is 0.0492. The number of H-pyrrole nitrogens is 1. The van der Waals surface area contributed by atoms with E-state index in [0.717, 1.165) is 23.0 Å². The molecule has 1 aromatic heterocycles. The molecule has 3 rings (SSSR count). The fourth-order valence-corrected chi connectivity index (χ4v) is 2.76. The number of hydrogen-bond acceptors (Lipinski definition) is 1. The van der Waals surface area contributed by atoms with Crippen LogP contribution < -0.4 is 5.32 Å². The van der Waals surface area contributed by atoms with E-state index >= 15 is 0 Å². The first kappa shape index (κ1) is 13.0. The van der Waals surface area contributed by atoms with E-state index in [0.29, 0.717) is 6.42 Å². The van der Waals surface area contributed by atoms with Crippen molar-refractivity contribution in [3.63, 3.8) is 0 Å². The van der Waals surface area contributed by atoms with Gasteiger partial charge in [-0.25, -0.2) is 0 Å². The Hall–Kier alpha value is -2.03. The van der Waals surface area contributed by atoms with Gasteiger partial charge in [0.1, 0.15) is 0 Å². The van der Waals surface area contributed by atoms with Crippen molar-refractivity contribution in [2.24, 2.45) is 0 Å². The first-order valence-electron chi connectivity index (χ1n) is 7.38. The summed E-state index contributed by atoms with van der Waals surface area (Å²) in [5, 5.41) is 4.05. The number of rotatable bonds is 3. The van der Waals surface area contributed by atoms with Crippen LogP contribution in [0, 0.1) is 0 Å². The van der Waals surface area contributed by atoms with Crippen LogP contribution in [0.15, 0.2) is 30.5 Å². The minimum atomic E-state index is 0.0492. The number of amides is 1. The number of aromatic nitrogens is 1. The second-order valence-corrected chi connectivity index (χ2v) is 5.34. The normalized spacial score (nSPS) is 15.2. The average Bonchev–Trinajstić information content (AvgIpc) is 2.90. The number of anilines is 1. The molecule has 104 valence electrons.